The van der Waals surface area contributed by atoms with Gasteiger partial charge in [-0.15, -0.1) is 0 Å². The summed E-state index contributed by atoms with van der Waals surface area (Å²) in [5, 5.41) is 30.7. The van der Waals surface area contributed by atoms with E-state index in [1.807, 2.05) is 0 Å². The predicted molar refractivity (Wildman–Crippen MR) is 121 cm³/mol. The van der Waals surface area contributed by atoms with Crippen LogP contribution in [0.1, 0.15) is 42.9 Å². The van der Waals surface area contributed by atoms with Crippen LogP contribution in [0.15, 0.2) is 54.1 Å². The van der Waals surface area contributed by atoms with E-state index < -0.39 is 34.4 Å². The third kappa shape index (κ3) is 5.22. The van der Waals surface area contributed by atoms with E-state index in [-0.39, 0.29) is 29.8 Å². The van der Waals surface area contributed by atoms with E-state index in [0.29, 0.717) is 30.6 Å². The third-order valence-electron chi connectivity index (χ3n) is 5.61. The Kier molecular flexibility index (Phi) is 7.62. The maximum absolute atomic E-state index is 13.0. The first-order valence-corrected chi connectivity index (χ1v) is 10.6. The minimum absolute atomic E-state index is 0.0148. The number of nitro benzene ring substituents is 1. The zero-order valence-electron chi connectivity index (χ0n) is 18.5. The van der Waals surface area contributed by atoms with Crippen molar-refractivity contribution in [3.05, 3.63) is 75.3 Å². The molecule has 34 heavy (non-hydrogen) atoms. The molecule has 1 saturated heterocycles. The number of amides is 1. The molecule has 178 valence electrons. The van der Waals surface area contributed by atoms with Crippen LogP contribution in [0.2, 0.25) is 0 Å². The van der Waals surface area contributed by atoms with Crippen molar-refractivity contribution < 1.29 is 34.3 Å². The Balaban J connectivity index is 1.98. The minimum Gasteiger partial charge on any atom is -0.507 e. The zero-order valence-corrected chi connectivity index (χ0v) is 18.5. The molecule has 0 spiro atoms. The van der Waals surface area contributed by atoms with Crippen LogP contribution in [0.25, 0.3) is 5.76 Å². The van der Waals surface area contributed by atoms with E-state index in [1.54, 1.807) is 24.3 Å². The van der Waals surface area contributed by atoms with Crippen LogP contribution in [0.3, 0.4) is 0 Å². The normalized spacial score (nSPS) is 17.1. The minimum atomic E-state index is -0.901. The van der Waals surface area contributed by atoms with Gasteiger partial charge in [0.2, 0.25) is 0 Å². The summed E-state index contributed by atoms with van der Waals surface area (Å²) in [7, 11) is 1.51. The SMILES string of the molecule is COc1ccc([C@H]2C(=C(O)c3ccc([N+](=O)[O-])cc3)C(=O)C(=O)N2CCCCCC(=O)O)cc1. The lowest BCUT2D eigenvalue weighted by atomic mass is 9.95. The number of ether oxygens (including phenoxy) is 1. The summed E-state index contributed by atoms with van der Waals surface area (Å²) in [4.78, 5) is 48.3. The Morgan fingerprint density at radius 3 is 2.24 bits per heavy atom. The Bertz CT molecular complexity index is 1120. The highest BCUT2D eigenvalue weighted by molar-refractivity contribution is 6.46. The van der Waals surface area contributed by atoms with Crippen LogP contribution >= 0.6 is 0 Å². The second-order valence-corrected chi connectivity index (χ2v) is 7.77. The first-order valence-electron chi connectivity index (χ1n) is 10.6. The highest BCUT2D eigenvalue weighted by atomic mass is 16.6. The molecule has 1 aliphatic heterocycles. The van der Waals surface area contributed by atoms with Crippen molar-refractivity contribution >= 4 is 29.1 Å². The smallest absolute Gasteiger partial charge is 0.303 e. The number of aliphatic hydroxyl groups is 1. The van der Waals surface area contributed by atoms with E-state index in [9.17, 15) is 29.6 Å². The number of carboxylic acid groups (broad SMARTS) is 1. The van der Waals surface area contributed by atoms with Gasteiger partial charge in [0.25, 0.3) is 17.4 Å². The highest BCUT2D eigenvalue weighted by Crippen LogP contribution is 2.40. The van der Waals surface area contributed by atoms with Crippen molar-refractivity contribution in [2.45, 2.75) is 31.7 Å². The number of carbonyl (C=O) groups is 3. The van der Waals surface area contributed by atoms with Gasteiger partial charge in [-0.3, -0.25) is 24.5 Å². The molecule has 1 heterocycles. The summed E-state index contributed by atoms with van der Waals surface area (Å²) >= 11 is 0. The monoisotopic (exact) mass is 468 g/mol. The lowest BCUT2D eigenvalue weighted by Crippen LogP contribution is -2.30. The fraction of sp³-hybridized carbons (Fsp3) is 0.292. The molecular weight excluding hydrogens is 444 g/mol. The molecule has 0 aromatic heterocycles. The molecule has 0 bridgehead atoms. The van der Waals surface area contributed by atoms with E-state index >= 15 is 0 Å². The third-order valence-corrected chi connectivity index (χ3v) is 5.61. The van der Waals surface area contributed by atoms with Crippen LogP contribution < -0.4 is 4.74 Å². The van der Waals surface area contributed by atoms with Crippen LogP contribution in [0, 0.1) is 10.1 Å². The lowest BCUT2D eigenvalue weighted by molar-refractivity contribution is -0.384. The molecule has 0 saturated carbocycles. The van der Waals surface area contributed by atoms with Crippen molar-refractivity contribution in [2.24, 2.45) is 0 Å². The molecule has 3 rings (SSSR count). The van der Waals surface area contributed by atoms with Gasteiger partial charge in [-0.1, -0.05) is 18.6 Å². The fourth-order valence-electron chi connectivity index (χ4n) is 3.88. The predicted octanol–water partition coefficient (Wildman–Crippen LogP) is 3.67. The molecular formula is C24H24N2O8. The summed E-state index contributed by atoms with van der Waals surface area (Å²) in [6.07, 6.45) is 1.48. The van der Waals surface area contributed by atoms with Gasteiger partial charge in [0.15, 0.2) is 0 Å². The molecule has 2 N–H and O–H groups in total. The number of carbonyl (C=O) groups excluding carboxylic acids is 2. The lowest BCUT2D eigenvalue weighted by Gasteiger charge is -2.25. The number of likely N-dealkylation sites (tertiary alicyclic amines) is 1. The molecule has 0 unspecified atom stereocenters. The number of unbranched alkanes of at least 4 members (excludes halogenated alkanes) is 2. The number of methoxy groups -OCH3 is 1. The number of nitrogens with zero attached hydrogens (tertiary/aromatic N) is 2. The average molecular weight is 468 g/mol. The van der Waals surface area contributed by atoms with Crippen LogP contribution in [-0.2, 0) is 14.4 Å². The van der Waals surface area contributed by atoms with E-state index in [0.717, 1.165) is 0 Å². The maximum atomic E-state index is 13.0. The van der Waals surface area contributed by atoms with E-state index in [1.165, 1.54) is 36.3 Å². The van der Waals surface area contributed by atoms with Gasteiger partial charge in [0.1, 0.15) is 11.5 Å². The number of carboxylic acids is 1. The highest BCUT2D eigenvalue weighted by Gasteiger charge is 2.45. The molecule has 0 aliphatic carbocycles. The first kappa shape index (κ1) is 24.4. The molecule has 1 fully saturated rings. The van der Waals surface area contributed by atoms with Gasteiger partial charge in [0, 0.05) is 30.7 Å². The molecule has 10 nitrogen and oxygen atoms in total. The van der Waals surface area contributed by atoms with E-state index in [2.05, 4.69) is 0 Å². The first-order chi connectivity index (χ1) is 16.2. The van der Waals surface area contributed by atoms with Crippen LogP contribution in [-0.4, -0.2) is 51.4 Å². The number of hydrogen-bond acceptors (Lipinski definition) is 7. The fourth-order valence-corrected chi connectivity index (χ4v) is 3.88. The number of nitro groups is 1. The largest absolute Gasteiger partial charge is 0.507 e. The Hall–Kier alpha value is -4.21. The molecule has 2 aromatic rings. The number of non-ortho nitro benzene ring substituents is 1. The van der Waals surface area contributed by atoms with Crippen molar-refractivity contribution in [1.82, 2.24) is 4.90 Å². The summed E-state index contributed by atoms with van der Waals surface area (Å²) in [6, 6.07) is 10.9. The zero-order chi connectivity index (χ0) is 24.8. The number of hydrogen-bond donors (Lipinski definition) is 2. The standard InChI is InChI=1S/C24H24N2O8/c1-34-18-12-8-15(9-13-18)21-20(22(29)16-6-10-17(11-7-16)26(32)33)23(30)24(31)25(21)14-4-2-3-5-19(27)28/h6-13,21,29H,2-5,14H2,1H3,(H,27,28)/t21-/m0/s1. The second kappa shape index (κ2) is 10.6. The quantitative estimate of drug-likeness (QED) is 0.134. The van der Waals surface area contributed by atoms with Crippen molar-refractivity contribution in [3.63, 3.8) is 0 Å². The Morgan fingerprint density at radius 1 is 1.03 bits per heavy atom. The second-order valence-electron chi connectivity index (χ2n) is 7.77. The number of benzene rings is 2. The summed E-state index contributed by atoms with van der Waals surface area (Å²) in [5.74, 6) is -2.39. The van der Waals surface area contributed by atoms with Gasteiger partial charge in [0.05, 0.1) is 23.6 Å². The molecule has 1 amide bonds. The number of rotatable bonds is 10. The summed E-state index contributed by atoms with van der Waals surface area (Å²) in [5.41, 5.74) is 0.456. The molecule has 1 atom stereocenters. The van der Waals surface area contributed by atoms with Gasteiger partial charge in [-0.2, -0.15) is 0 Å². The molecule has 10 heteroatoms. The Morgan fingerprint density at radius 2 is 1.68 bits per heavy atom. The van der Waals surface area contributed by atoms with Crippen LogP contribution in [0.5, 0.6) is 5.75 Å². The summed E-state index contributed by atoms with van der Waals surface area (Å²) < 4.78 is 5.17. The number of ketones is 1. The number of aliphatic carboxylic acids is 1. The topological polar surface area (TPSA) is 147 Å². The van der Waals surface area contributed by atoms with Crippen molar-refractivity contribution in [1.29, 1.82) is 0 Å². The van der Waals surface area contributed by atoms with Gasteiger partial charge in [-0.25, -0.2) is 0 Å². The van der Waals surface area contributed by atoms with Crippen LogP contribution in [0.4, 0.5) is 5.69 Å². The van der Waals surface area contributed by atoms with Gasteiger partial charge in [-0.05, 0) is 42.7 Å². The Labute approximate surface area is 195 Å². The molecule has 1 aliphatic rings. The van der Waals surface area contributed by atoms with Gasteiger partial charge >= 0.3 is 5.97 Å². The van der Waals surface area contributed by atoms with Crippen molar-refractivity contribution in [2.75, 3.05) is 13.7 Å². The molecule has 2 aromatic carbocycles. The molecule has 0 radical (unpaired) electrons. The summed E-state index contributed by atoms with van der Waals surface area (Å²) in [6.45, 7) is 0.192. The number of aliphatic hydroxyl groups excluding tert-OH is 1. The van der Waals surface area contributed by atoms with Gasteiger partial charge < -0.3 is 19.8 Å². The van der Waals surface area contributed by atoms with E-state index in [4.69, 9.17) is 9.84 Å². The average Bonchev–Trinajstić information content (AvgIpc) is 3.08. The maximum Gasteiger partial charge on any atom is 0.303 e. The number of Topliss-reactive ketones (excluding diaryl/α,β-unsaturated/α-hetero) is 1. The van der Waals surface area contributed by atoms with Crippen molar-refractivity contribution in [3.8, 4) is 5.75 Å².